The summed E-state index contributed by atoms with van der Waals surface area (Å²) in [6.45, 7) is 1.72. The Bertz CT molecular complexity index is 815. The van der Waals surface area contributed by atoms with Gasteiger partial charge in [-0.1, -0.05) is 30.3 Å². The van der Waals surface area contributed by atoms with E-state index in [0.717, 1.165) is 16.1 Å². The molecule has 4 nitrogen and oxygen atoms in total. The molecule has 2 aromatic heterocycles. The average molecular weight is 356 g/mol. The molecular formula is C18H16N2O2S2. The van der Waals surface area contributed by atoms with Crippen molar-refractivity contribution in [2.45, 2.75) is 6.10 Å². The van der Waals surface area contributed by atoms with E-state index >= 15 is 0 Å². The summed E-state index contributed by atoms with van der Waals surface area (Å²) in [5.74, 6) is -0.0167. The van der Waals surface area contributed by atoms with Crippen molar-refractivity contribution in [3.05, 3.63) is 63.8 Å². The van der Waals surface area contributed by atoms with Gasteiger partial charge in [-0.2, -0.15) is 11.3 Å². The molecule has 1 saturated heterocycles. The molecule has 0 saturated carbocycles. The second-order valence-electron chi connectivity index (χ2n) is 5.57. The average Bonchev–Trinajstić information content (AvgIpc) is 3.33. The van der Waals surface area contributed by atoms with Crippen molar-refractivity contribution in [3.63, 3.8) is 0 Å². The molecule has 0 spiro atoms. The molecule has 1 unspecified atom stereocenters. The minimum Gasteiger partial charge on any atom is -0.370 e. The predicted molar refractivity (Wildman–Crippen MR) is 96.5 cm³/mol. The van der Waals surface area contributed by atoms with Gasteiger partial charge in [0.05, 0.1) is 13.2 Å². The van der Waals surface area contributed by atoms with E-state index in [4.69, 9.17) is 4.74 Å². The number of carbonyl (C=O) groups excluding carboxylic acids is 1. The van der Waals surface area contributed by atoms with Crippen LogP contribution < -0.4 is 0 Å². The molecule has 1 aliphatic heterocycles. The molecule has 1 amide bonds. The fourth-order valence-corrected chi connectivity index (χ4v) is 4.26. The maximum atomic E-state index is 12.8. The van der Waals surface area contributed by atoms with Gasteiger partial charge in [-0.15, -0.1) is 11.3 Å². The summed E-state index contributed by atoms with van der Waals surface area (Å²) < 4.78 is 5.83. The van der Waals surface area contributed by atoms with E-state index in [-0.39, 0.29) is 12.0 Å². The summed E-state index contributed by atoms with van der Waals surface area (Å²) in [5, 5.41) is 6.81. The van der Waals surface area contributed by atoms with Gasteiger partial charge in [-0.3, -0.25) is 4.79 Å². The van der Waals surface area contributed by atoms with E-state index in [1.807, 2.05) is 57.4 Å². The number of thiophene rings is 1. The smallest absolute Gasteiger partial charge is 0.273 e. The van der Waals surface area contributed by atoms with Crippen molar-refractivity contribution in [2.24, 2.45) is 0 Å². The van der Waals surface area contributed by atoms with Crippen LogP contribution in [-0.4, -0.2) is 35.5 Å². The topological polar surface area (TPSA) is 42.4 Å². The molecule has 0 aliphatic carbocycles. The van der Waals surface area contributed by atoms with Crippen LogP contribution in [0.4, 0.5) is 0 Å². The first-order chi connectivity index (χ1) is 11.8. The third kappa shape index (κ3) is 3.13. The van der Waals surface area contributed by atoms with Crippen LogP contribution in [0.25, 0.3) is 10.6 Å². The standard InChI is InChI=1S/C18H16N2O2S2/c21-18(15-12-24-17(19-15)14-6-9-23-11-14)20-7-8-22-16(10-20)13-4-2-1-3-5-13/h1-6,9,11-12,16H,7-8,10H2. The van der Waals surface area contributed by atoms with Crippen LogP contribution >= 0.6 is 22.7 Å². The number of rotatable bonds is 3. The lowest BCUT2D eigenvalue weighted by Gasteiger charge is -2.32. The lowest BCUT2D eigenvalue weighted by atomic mass is 10.1. The highest BCUT2D eigenvalue weighted by Gasteiger charge is 2.27. The summed E-state index contributed by atoms with van der Waals surface area (Å²) in [6.07, 6.45) is -0.0705. The van der Waals surface area contributed by atoms with Gasteiger partial charge in [0.1, 0.15) is 16.8 Å². The number of amides is 1. The van der Waals surface area contributed by atoms with Crippen LogP contribution in [0.15, 0.2) is 52.5 Å². The molecule has 1 fully saturated rings. The Morgan fingerprint density at radius 3 is 2.88 bits per heavy atom. The zero-order valence-corrected chi connectivity index (χ0v) is 14.6. The van der Waals surface area contributed by atoms with Crippen LogP contribution in [0.1, 0.15) is 22.2 Å². The summed E-state index contributed by atoms with van der Waals surface area (Å²) in [7, 11) is 0. The van der Waals surface area contributed by atoms with E-state index in [0.29, 0.717) is 25.4 Å². The minimum absolute atomic E-state index is 0.0167. The summed E-state index contributed by atoms with van der Waals surface area (Å²) in [4.78, 5) is 19.1. The quantitative estimate of drug-likeness (QED) is 0.710. The normalized spacial score (nSPS) is 17.8. The Balaban J connectivity index is 1.50. The second-order valence-corrected chi connectivity index (χ2v) is 7.21. The van der Waals surface area contributed by atoms with Crippen LogP contribution in [0.2, 0.25) is 0 Å². The van der Waals surface area contributed by atoms with Gasteiger partial charge in [0.15, 0.2) is 0 Å². The van der Waals surface area contributed by atoms with E-state index in [9.17, 15) is 4.79 Å². The summed E-state index contributed by atoms with van der Waals surface area (Å²) in [5.41, 5.74) is 2.70. The number of aromatic nitrogens is 1. The van der Waals surface area contributed by atoms with Crippen molar-refractivity contribution in [1.29, 1.82) is 0 Å². The number of hydrogen-bond donors (Lipinski definition) is 0. The highest BCUT2D eigenvalue weighted by atomic mass is 32.1. The molecule has 3 aromatic rings. The van der Waals surface area contributed by atoms with Gasteiger partial charge in [-0.05, 0) is 17.0 Å². The Morgan fingerprint density at radius 2 is 2.08 bits per heavy atom. The van der Waals surface area contributed by atoms with Gasteiger partial charge >= 0.3 is 0 Å². The van der Waals surface area contributed by atoms with Gasteiger partial charge in [0, 0.05) is 22.9 Å². The van der Waals surface area contributed by atoms with E-state index in [2.05, 4.69) is 4.98 Å². The number of hydrogen-bond acceptors (Lipinski definition) is 5. The molecule has 0 N–H and O–H groups in total. The van der Waals surface area contributed by atoms with Gasteiger partial charge in [-0.25, -0.2) is 4.98 Å². The maximum absolute atomic E-state index is 12.8. The molecule has 3 heterocycles. The van der Waals surface area contributed by atoms with E-state index < -0.39 is 0 Å². The first-order valence-electron chi connectivity index (χ1n) is 7.75. The fraction of sp³-hybridized carbons (Fsp3) is 0.222. The molecule has 1 aliphatic rings. The second kappa shape index (κ2) is 6.84. The largest absolute Gasteiger partial charge is 0.370 e. The Hall–Kier alpha value is -2.02. The molecule has 1 atom stereocenters. The number of carbonyl (C=O) groups is 1. The molecule has 0 bridgehead atoms. The van der Waals surface area contributed by atoms with Gasteiger partial charge in [0.25, 0.3) is 5.91 Å². The highest BCUT2D eigenvalue weighted by molar-refractivity contribution is 7.14. The van der Waals surface area contributed by atoms with Crippen LogP contribution in [-0.2, 0) is 4.74 Å². The molecular weight excluding hydrogens is 340 g/mol. The molecule has 6 heteroatoms. The van der Waals surface area contributed by atoms with Crippen LogP contribution in [0.5, 0.6) is 0 Å². The zero-order chi connectivity index (χ0) is 16.4. The monoisotopic (exact) mass is 356 g/mol. The Morgan fingerprint density at radius 1 is 1.21 bits per heavy atom. The first kappa shape index (κ1) is 15.5. The molecule has 1 aromatic carbocycles. The molecule has 122 valence electrons. The SMILES string of the molecule is O=C(c1csc(-c2ccsc2)n1)N1CCOC(c2ccccc2)C1. The van der Waals surface area contributed by atoms with Crippen molar-refractivity contribution < 1.29 is 9.53 Å². The molecule has 0 radical (unpaired) electrons. The van der Waals surface area contributed by atoms with Crippen LogP contribution in [0, 0.1) is 0 Å². The van der Waals surface area contributed by atoms with Gasteiger partial charge in [0.2, 0.25) is 0 Å². The minimum atomic E-state index is -0.0705. The lowest BCUT2D eigenvalue weighted by molar-refractivity contribution is -0.0229. The van der Waals surface area contributed by atoms with E-state index in [1.54, 1.807) is 11.3 Å². The number of nitrogens with zero attached hydrogens (tertiary/aromatic N) is 2. The van der Waals surface area contributed by atoms with Crippen LogP contribution in [0.3, 0.4) is 0 Å². The van der Waals surface area contributed by atoms with Crippen molar-refractivity contribution in [1.82, 2.24) is 9.88 Å². The zero-order valence-electron chi connectivity index (χ0n) is 12.9. The van der Waals surface area contributed by atoms with Crippen molar-refractivity contribution >= 4 is 28.6 Å². The predicted octanol–water partition coefficient (Wildman–Crippen LogP) is 4.09. The number of morpholine rings is 1. The number of benzene rings is 1. The summed E-state index contributed by atoms with van der Waals surface area (Å²) in [6, 6.07) is 12.1. The van der Waals surface area contributed by atoms with Crippen molar-refractivity contribution in [2.75, 3.05) is 19.7 Å². The first-order valence-corrected chi connectivity index (χ1v) is 9.57. The van der Waals surface area contributed by atoms with Gasteiger partial charge < -0.3 is 9.64 Å². The number of ether oxygens (including phenoxy) is 1. The maximum Gasteiger partial charge on any atom is 0.273 e. The number of thiazole rings is 1. The van der Waals surface area contributed by atoms with Crippen molar-refractivity contribution in [3.8, 4) is 10.6 Å². The molecule has 24 heavy (non-hydrogen) atoms. The summed E-state index contributed by atoms with van der Waals surface area (Å²) >= 11 is 3.15. The Kier molecular flexibility index (Phi) is 4.42. The van der Waals surface area contributed by atoms with E-state index in [1.165, 1.54) is 11.3 Å². The molecule has 4 rings (SSSR count). The Labute approximate surface area is 148 Å². The highest BCUT2D eigenvalue weighted by Crippen LogP contribution is 2.27. The third-order valence-corrected chi connectivity index (χ3v) is 5.59. The fourth-order valence-electron chi connectivity index (χ4n) is 2.76. The lowest BCUT2D eigenvalue weighted by Crippen LogP contribution is -2.42. The third-order valence-electron chi connectivity index (χ3n) is 4.02.